The smallest absolute Gasteiger partial charge is 0.0726 e. The van der Waals surface area contributed by atoms with E-state index in [1.807, 2.05) is 11.3 Å². The van der Waals surface area contributed by atoms with E-state index >= 15 is 0 Å². The molecule has 14 rings (SSSR count). The number of anilines is 3. The van der Waals surface area contributed by atoms with Crippen LogP contribution in [0.25, 0.3) is 86.2 Å². The highest BCUT2D eigenvalue weighted by atomic mass is 32.1. The van der Waals surface area contributed by atoms with Crippen LogP contribution in [0.4, 0.5) is 17.1 Å². The Hall–Kier alpha value is -8.04. The second kappa shape index (κ2) is 16.0. The minimum Gasteiger partial charge on any atom is -0.309 e. The molecule has 73 heavy (non-hydrogen) atoms. The molecule has 11 aromatic carbocycles. The van der Waals surface area contributed by atoms with Gasteiger partial charge in [-0.25, -0.2) is 0 Å². The maximum atomic E-state index is 2.57. The Morgan fingerprint density at radius 3 is 1.53 bits per heavy atom. The van der Waals surface area contributed by atoms with Gasteiger partial charge < -0.3 is 4.90 Å². The maximum absolute atomic E-state index is 2.57. The van der Waals surface area contributed by atoms with E-state index in [-0.39, 0.29) is 10.8 Å². The standard InChI is InChI=1S/C71H55NS/c1-69(2,3)52-33-37-55-56-38-34-53(70(4,5)6)43-62(56)71(61(55)42-52)59-19-11-9-17-57(59)67-60(71)20-13-21-63(67)72(64-22-14-24-66-68(64)58-18-10-12-23-65(58)73-66)54-35-31-45(32-36-54)47-27-28-50-41-51(30-29-49(50)40-47)48-26-25-44-15-7-8-16-46(44)39-48/h7-43H,1-6H3. The van der Waals surface area contributed by atoms with Gasteiger partial charge in [0.15, 0.2) is 0 Å². The predicted octanol–water partition coefficient (Wildman–Crippen LogP) is 20.1. The van der Waals surface area contributed by atoms with Crippen molar-refractivity contribution in [2.24, 2.45) is 0 Å². The molecule has 2 aliphatic rings. The Balaban J connectivity index is 0.963. The zero-order valence-corrected chi connectivity index (χ0v) is 43.0. The van der Waals surface area contributed by atoms with Crippen LogP contribution in [0.15, 0.2) is 224 Å². The molecule has 0 N–H and O–H groups in total. The van der Waals surface area contributed by atoms with E-state index in [9.17, 15) is 0 Å². The number of fused-ring (bicyclic) bond motifs is 15. The summed E-state index contributed by atoms with van der Waals surface area (Å²) >= 11 is 1.88. The third kappa shape index (κ3) is 6.66. The van der Waals surface area contributed by atoms with Crippen molar-refractivity contribution in [3.63, 3.8) is 0 Å². The van der Waals surface area contributed by atoms with E-state index in [1.54, 1.807) is 0 Å². The van der Waals surface area contributed by atoms with Crippen molar-refractivity contribution in [3.8, 4) is 44.5 Å². The molecule has 0 radical (unpaired) electrons. The summed E-state index contributed by atoms with van der Waals surface area (Å²) in [6.45, 7) is 14.1. The molecule has 1 heterocycles. The third-order valence-electron chi connectivity index (χ3n) is 16.2. The van der Waals surface area contributed by atoms with Crippen LogP contribution in [-0.4, -0.2) is 0 Å². The molecule has 0 amide bonds. The van der Waals surface area contributed by atoms with Gasteiger partial charge in [-0.15, -0.1) is 11.3 Å². The summed E-state index contributed by atoms with van der Waals surface area (Å²) in [4.78, 5) is 2.57. The van der Waals surface area contributed by atoms with E-state index < -0.39 is 5.41 Å². The Morgan fingerprint density at radius 1 is 0.356 bits per heavy atom. The molecule has 0 unspecified atom stereocenters. The van der Waals surface area contributed by atoms with Gasteiger partial charge in [-0.2, -0.15) is 0 Å². The molecule has 1 aromatic heterocycles. The molecule has 0 saturated carbocycles. The summed E-state index contributed by atoms with van der Waals surface area (Å²) in [6, 6.07) is 85.4. The number of hydrogen-bond acceptors (Lipinski definition) is 2. The van der Waals surface area contributed by atoms with E-state index in [1.165, 1.54) is 131 Å². The normalized spacial score (nSPS) is 13.5. The van der Waals surface area contributed by atoms with Crippen molar-refractivity contribution in [2.75, 3.05) is 4.90 Å². The first-order chi connectivity index (χ1) is 35.4. The summed E-state index contributed by atoms with van der Waals surface area (Å²) in [5.74, 6) is 0. The average Bonchev–Trinajstić information content (AvgIpc) is 4.05. The number of benzene rings is 11. The molecular formula is C71H55NS. The van der Waals surface area contributed by atoms with Gasteiger partial charge in [-0.05, 0) is 159 Å². The monoisotopic (exact) mass is 953 g/mol. The van der Waals surface area contributed by atoms with Gasteiger partial charge in [0.05, 0.1) is 16.8 Å². The molecule has 12 aromatic rings. The van der Waals surface area contributed by atoms with Crippen LogP contribution >= 0.6 is 11.3 Å². The highest BCUT2D eigenvalue weighted by Crippen LogP contribution is 2.65. The van der Waals surface area contributed by atoms with E-state index in [0.29, 0.717) is 0 Å². The summed E-state index contributed by atoms with van der Waals surface area (Å²) in [5.41, 5.74) is 21.2. The summed E-state index contributed by atoms with van der Waals surface area (Å²) in [6.07, 6.45) is 0. The zero-order chi connectivity index (χ0) is 49.4. The van der Waals surface area contributed by atoms with E-state index in [2.05, 4.69) is 271 Å². The van der Waals surface area contributed by atoms with Crippen LogP contribution in [0.2, 0.25) is 0 Å². The van der Waals surface area contributed by atoms with Crippen LogP contribution in [0.5, 0.6) is 0 Å². The fourth-order valence-corrected chi connectivity index (χ4v) is 13.6. The van der Waals surface area contributed by atoms with Crippen molar-refractivity contribution in [1.82, 2.24) is 0 Å². The van der Waals surface area contributed by atoms with Gasteiger partial charge in [0.25, 0.3) is 0 Å². The Bertz CT molecular complexity index is 4170. The van der Waals surface area contributed by atoms with Crippen LogP contribution in [-0.2, 0) is 16.2 Å². The van der Waals surface area contributed by atoms with Gasteiger partial charge >= 0.3 is 0 Å². The Morgan fingerprint density at radius 2 is 0.863 bits per heavy atom. The number of rotatable bonds is 5. The Kier molecular flexibility index (Phi) is 9.57. The fourth-order valence-electron chi connectivity index (χ4n) is 12.5. The number of nitrogens with zero attached hydrogens (tertiary/aromatic N) is 1. The summed E-state index contributed by atoms with van der Waals surface area (Å²) in [5, 5.41) is 7.56. The molecule has 1 nitrogen and oxygen atoms in total. The molecule has 0 atom stereocenters. The second-order valence-corrected chi connectivity index (χ2v) is 23.6. The van der Waals surface area contributed by atoms with Gasteiger partial charge in [0.2, 0.25) is 0 Å². The highest BCUT2D eigenvalue weighted by Gasteiger charge is 2.53. The SMILES string of the molecule is CC(C)(C)c1ccc2c(c1)C1(c3cc(C(C)(C)C)ccc3-2)c2ccccc2-c2c(N(c3ccc(-c4ccc5cc(-c6ccc7ccccc7c6)ccc5c4)cc3)c3cccc4sc5ccccc5c34)cccc21. The molecule has 0 fully saturated rings. The predicted molar refractivity (Wildman–Crippen MR) is 314 cm³/mol. The molecule has 0 saturated heterocycles. The van der Waals surface area contributed by atoms with Gasteiger partial charge in [0.1, 0.15) is 0 Å². The van der Waals surface area contributed by atoms with Crippen LogP contribution in [0.3, 0.4) is 0 Å². The second-order valence-electron chi connectivity index (χ2n) is 22.5. The van der Waals surface area contributed by atoms with Crippen molar-refractivity contribution in [3.05, 3.63) is 258 Å². The minimum atomic E-state index is -0.516. The molecule has 0 aliphatic heterocycles. The van der Waals surface area contributed by atoms with Gasteiger partial charge in [0, 0.05) is 31.4 Å². The maximum Gasteiger partial charge on any atom is 0.0726 e. The number of hydrogen-bond donors (Lipinski definition) is 0. The van der Waals surface area contributed by atoms with Crippen LogP contribution in [0.1, 0.15) is 74.9 Å². The molecular weight excluding hydrogens is 899 g/mol. The summed E-state index contributed by atoms with van der Waals surface area (Å²) < 4.78 is 2.58. The lowest BCUT2D eigenvalue weighted by molar-refractivity contribution is 0.586. The quantitative estimate of drug-likeness (QED) is 0.166. The lowest BCUT2D eigenvalue weighted by Gasteiger charge is -2.33. The van der Waals surface area contributed by atoms with E-state index in [4.69, 9.17) is 0 Å². The van der Waals surface area contributed by atoms with Gasteiger partial charge in [-0.3, -0.25) is 0 Å². The third-order valence-corrected chi connectivity index (χ3v) is 17.3. The Labute approximate surface area is 432 Å². The first-order valence-electron chi connectivity index (χ1n) is 25.8. The zero-order valence-electron chi connectivity index (χ0n) is 42.2. The fraction of sp³-hybridized carbons (Fsp3) is 0.127. The largest absolute Gasteiger partial charge is 0.309 e. The van der Waals surface area contributed by atoms with Crippen molar-refractivity contribution < 1.29 is 0 Å². The van der Waals surface area contributed by atoms with Crippen LogP contribution in [0, 0.1) is 0 Å². The van der Waals surface area contributed by atoms with Crippen molar-refractivity contribution in [2.45, 2.75) is 57.8 Å². The van der Waals surface area contributed by atoms with Crippen LogP contribution < -0.4 is 4.90 Å². The molecule has 2 aliphatic carbocycles. The molecule has 350 valence electrons. The molecule has 2 heteroatoms. The highest BCUT2D eigenvalue weighted by molar-refractivity contribution is 7.26. The summed E-state index contributed by atoms with van der Waals surface area (Å²) in [7, 11) is 0. The molecule has 1 spiro atoms. The first kappa shape index (κ1) is 43.7. The van der Waals surface area contributed by atoms with Crippen molar-refractivity contribution in [1.29, 1.82) is 0 Å². The topological polar surface area (TPSA) is 3.24 Å². The van der Waals surface area contributed by atoms with E-state index in [0.717, 1.165) is 5.69 Å². The minimum absolute atomic E-state index is 0.0237. The molecule has 0 bridgehead atoms. The van der Waals surface area contributed by atoms with Gasteiger partial charge in [-0.1, -0.05) is 211 Å². The first-order valence-corrected chi connectivity index (χ1v) is 26.6. The lowest BCUT2D eigenvalue weighted by Crippen LogP contribution is -2.27. The average molecular weight is 954 g/mol. The van der Waals surface area contributed by atoms with Crippen molar-refractivity contribution >= 4 is 70.1 Å². The lowest BCUT2D eigenvalue weighted by atomic mass is 9.69. The number of thiophene rings is 1.